The Balaban J connectivity index is 2.26. The van der Waals surface area contributed by atoms with Crippen LogP contribution in [0.25, 0.3) is 0 Å². The largest absolute Gasteiger partial charge is 0.305 e. The van der Waals surface area contributed by atoms with Gasteiger partial charge >= 0.3 is 0 Å². The molecule has 0 bridgehead atoms. The third-order valence-corrected chi connectivity index (χ3v) is 3.62. The maximum Gasteiger partial charge on any atom is 0.0684 e. The Bertz CT molecular complexity index is 254. The molecule has 92 valence electrons. The van der Waals surface area contributed by atoms with Gasteiger partial charge in [-0.15, -0.1) is 0 Å². The summed E-state index contributed by atoms with van der Waals surface area (Å²) < 4.78 is 0. The second-order valence-corrected chi connectivity index (χ2v) is 5.78. The molecule has 1 aliphatic rings. The van der Waals surface area contributed by atoms with Crippen LogP contribution in [0.4, 0.5) is 0 Å². The number of rotatable bonds is 5. The van der Waals surface area contributed by atoms with Gasteiger partial charge in [-0.3, -0.25) is 0 Å². The van der Waals surface area contributed by atoms with Gasteiger partial charge in [0.15, 0.2) is 0 Å². The summed E-state index contributed by atoms with van der Waals surface area (Å²) in [5.74, 6) is 0. The van der Waals surface area contributed by atoms with Crippen molar-refractivity contribution in [2.75, 3.05) is 33.7 Å². The van der Waals surface area contributed by atoms with Gasteiger partial charge in [0.2, 0.25) is 0 Å². The van der Waals surface area contributed by atoms with Gasteiger partial charge in [0.1, 0.15) is 0 Å². The lowest BCUT2D eigenvalue weighted by Gasteiger charge is -2.27. The zero-order chi connectivity index (χ0) is 12.2. The zero-order valence-electron chi connectivity index (χ0n) is 11.2. The topological polar surface area (TPSA) is 30.3 Å². The van der Waals surface area contributed by atoms with E-state index >= 15 is 0 Å². The molecule has 0 saturated carbocycles. The van der Waals surface area contributed by atoms with Crippen molar-refractivity contribution in [1.82, 2.24) is 9.80 Å². The van der Waals surface area contributed by atoms with E-state index in [1.807, 2.05) is 13.8 Å². The number of likely N-dealkylation sites (N-methyl/N-ethyl adjacent to an activating group) is 2. The van der Waals surface area contributed by atoms with E-state index in [4.69, 9.17) is 5.26 Å². The fourth-order valence-electron chi connectivity index (χ4n) is 2.19. The van der Waals surface area contributed by atoms with Crippen LogP contribution in [0, 0.1) is 16.7 Å². The highest BCUT2D eigenvalue weighted by Gasteiger charge is 2.23. The van der Waals surface area contributed by atoms with Crippen LogP contribution >= 0.6 is 0 Å². The van der Waals surface area contributed by atoms with Gasteiger partial charge in [0, 0.05) is 12.6 Å². The van der Waals surface area contributed by atoms with Crippen LogP contribution in [0.5, 0.6) is 0 Å². The molecule has 1 rings (SSSR count). The van der Waals surface area contributed by atoms with E-state index in [-0.39, 0.29) is 5.41 Å². The molecule has 3 heteroatoms. The summed E-state index contributed by atoms with van der Waals surface area (Å²) in [6.45, 7) is 7.43. The SMILES string of the molecule is CN(CCC(C)(C)C#N)CC1CCCN1C. The average Bonchev–Trinajstić information content (AvgIpc) is 2.62. The molecular weight excluding hydrogens is 198 g/mol. The maximum atomic E-state index is 8.96. The number of nitriles is 1. The Labute approximate surface area is 100 Å². The molecule has 1 unspecified atom stereocenters. The highest BCUT2D eigenvalue weighted by molar-refractivity contribution is 4.92. The summed E-state index contributed by atoms with van der Waals surface area (Å²) in [6.07, 6.45) is 3.61. The fourth-order valence-corrected chi connectivity index (χ4v) is 2.19. The van der Waals surface area contributed by atoms with Crippen molar-refractivity contribution >= 4 is 0 Å². The third kappa shape index (κ3) is 4.11. The van der Waals surface area contributed by atoms with Crippen LogP contribution in [-0.2, 0) is 0 Å². The van der Waals surface area contributed by atoms with Crippen molar-refractivity contribution < 1.29 is 0 Å². The second-order valence-electron chi connectivity index (χ2n) is 5.78. The van der Waals surface area contributed by atoms with Gasteiger partial charge in [-0.05, 0) is 60.3 Å². The quantitative estimate of drug-likeness (QED) is 0.713. The van der Waals surface area contributed by atoms with Crippen molar-refractivity contribution in [2.24, 2.45) is 5.41 Å². The van der Waals surface area contributed by atoms with Crippen molar-refractivity contribution in [1.29, 1.82) is 5.26 Å². The Kier molecular flexibility index (Phi) is 4.76. The molecule has 0 amide bonds. The predicted octanol–water partition coefficient (Wildman–Crippen LogP) is 1.95. The molecule has 1 fully saturated rings. The summed E-state index contributed by atoms with van der Waals surface area (Å²) in [5.41, 5.74) is -0.185. The van der Waals surface area contributed by atoms with E-state index in [2.05, 4.69) is 30.0 Å². The Morgan fingerprint density at radius 1 is 1.50 bits per heavy atom. The standard InChI is InChI=1S/C13H25N3/c1-13(2,11-14)7-9-15(3)10-12-6-5-8-16(12)4/h12H,5-10H2,1-4H3. The molecule has 0 aromatic heterocycles. The average molecular weight is 223 g/mol. The van der Waals surface area contributed by atoms with Crippen molar-refractivity contribution in [2.45, 2.75) is 39.2 Å². The molecule has 0 N–H and O–H groups in total. The first-order valence-electron chi connectivity index (χ1n) is 6.24. The molecule has 1 heterocycles. The maximum absolute atomic E-state index is 8.96. The van der Waals surface area contributed by atoms with Gasteiger partial charge in [-0.25, -0.2) is 0 Å². The molecule has 3 nitrogen and oxygen atoms in total. The predicted molar refractivity (Wildman–Crippen MR) is 67.2 cm³/mol. The highest BCUT2D eigenvalue weighted by Crippen LogP contribution is 2.20. The summed E-state index contributed by atoms with van der Waals surface area (Å²) in [5, 5.41) is 8.96. The minimum atomic E-state index is -0.185. The van der Waals surface area contributed by atoms with Gasteiger partial charge in [-0.1, -0.05) is 0 Å². The molecule has 0 aromatic rings. The minimum Gasteiger partial charge on any atom is -0.305 e. The lowest BCUT2D eigenvalue weighted by atomic mass is 9.91. The summed E-state index contributed by atoms with van der Waals surface area (Å²) >= 11 is 0. The molecule has 16 heavy (non-hydrogen) atoms. The molecule has 1 saturated heterocycles. The van der Waals surface area contributed by atoms with Crippen LogP contribution in [0.2, 0.25) is 0 Å². The fraction of sp³-hybridized carbons (Fsp3) is 0.923. The molecule has 1 atom stereocenters. The first kappa shape index (κ1) is 13.5. The van der Waals surface area contributed by atoms with Crippen molar-refractivity contribution in [3.05, 3.63) is 0 Å². The van der Waals surface area contributed by atoms with Crippen LogP contribution in [0.15, 0.2) is 0 Å². The van der Waals surface area contributed by atoms with Crippen LogP contribution in [0.1, 0.15) is 33.1 Å². The highest BCUT2D eigenvalue weighted by atomic mass is 15.2. The number of hydrogen-bond acceptors (Lipinski definition) is 3. The molecule has 0 aliphatic carbocycles. The first-order valence-corrected chi connectivity index (χ1v) is 6.24. The van der Waals surface area contributed by atoms with E-state index in [0.29, 0.717) is 0 Å². The summed E-state index contributed by atoms with van der Waals surface area (Å²) in [6, 6.07) is 3.08. The zero-order valence-corrected chi connectivity index (χ0v) is 11.2. The van der Waals surface area contributed by atoms with Crippen molar-refractivity contribution in [3.63, 3.8) is 0 Å². The van der Waals surface area contributed by atoms with Gasteiger partial charge in [0.25, 0.3) is 0 Å². The van der Waals surface area contributed by atoms with Crippen LogP contribution in [-0.4, -0.2) is 49.6 Å². The van der Waals surface area contributed by atoms with Crippen LogP contribution in [0.3, 0.4) is 0 Å². The van der Waals surface area contributed by atoms with Crippen molar-refractivity contribution in [3.8, 4) is 6.07 Å². The third-order valence-electron chi connectivity index (χ3n) is 3.62. The summed E-state index contributed by atoms with van der Waals surface area (Å²) in [7, 11) is 4.38. The summed E-state index contributed by atoms with van der Waals surface area (Å²) in [4.78, 5) is 4.82. The Morgan fingerprint density at radius 2 is 2.19 bits per heavy atom. The monoisotopic (exact) mass is 223 g/mol. The molecule has 0 radical (unpaired) electrons. The number of likely N-dealkylation sites (tertiary alicyclic amines) is 1. The smallest absolute Gasteiger partial charge is 0.0684 e. The number of nitrogens with zero attached hydrogens (tertiary/aromatic N) is 3. The lowest BCUT2D eigenvalue weighted by molar-refractivity contribution is 0.207. The van der Waals surface area contributed by atoms with Gasteiger partial charge in [0.05, 0.1) is 11.5 Å². The van der Waals surface area contributed by atoms with E-state index < -0.39 is 0 Å². The van der Waals surface area contributed by atoms with E-state index in [9.17, 15) is 0 Å². The van der Waals surface area contributed by atoms with Gasteiger partial charge < -0.3 is 9.80 Å². The first-order chi connectivity index (χ1) is 7.44. The molecule has 1 aliphatic heterocycles. The van der Waals surface area contributed by atoms with Gasteiger partial charge in [-0.2, -0.15) is 5.26 Å². The Morgan fingerprint density at radius 3 is 2.69 bits per heavy atom. The van der Waals surface area contributed by atoms with Crippen LogP contribution < -0.4 is 0 Å². The van der Waals surface area contributed by atoms with E-state index in [0.717, 1.165) is 25.6 Å². The van der Waals surface area contributed by atoms with E-state index in [1.165, 1.54) is 19.4 Å². The molecule has 0 aromatic carbocycles. The van der Waals surface area contributed by atoms with E-state index in [1.54, 1.807) is 0 Å². The second kappa shape index (κ2) is 5.65. The lowest BCUT2D eigenvalue weighted by Crippen LogP contribution is -2.37. The Hall–Kier alpha value is -0.590. The number of hydrogen-bond donors (Lipinski definition) is 0. The molecule has 0 spiro atoms. The minimum absolute atomic E-state index is 0.185. The normalized spacial score (nSPS) is 22.6. The molecular formula is C13H25N3.